The third kappa shape index (κ3) is 1.90. The Kier molecular flexibility index (Phi) is 2.87. The van der Waals surface area contributed by atoms with E-state index in [9.17, 15) is 4.39 Å². The van der Waals surface area contributed by atoms with E-state index in [0.717, 1.165) is 0 Å². The smallest absolute Gasteiger partial charge is 0.132 e. The maximum atomic E-state index is 13.5. The molecule has 0 atom stereocenters. The van der Waals surface area contributed by atoms with Crippen LogP contribution in [-0.2, 0) is 6.54 Å². The number of nitrogens with zero attached hydrogens (tertiary/aromatic N) is 2. The monoisotopic (exact) mass is 221 g/mol. The van der Waals surface area contributed by atoms with Crippen molar-refractivity contribution >= 4 is 5.82 Å². The number of benzene rings is 1. The van der Waals surface area contributed by atoms with E-state index >= 15 is 0 Å². The van der Waals surface area contributed by atoms with E-state index in [1.54, 1.807) is 24.3 Å². The number of anilines is 1. The summed E-state index contributed by atoms with van der Waals surface area (Å²) in [4.78, 5) is 0. The van der Waals surface area contributed by atoms with E-state index in [4.69, 9.17) is 10.8 Å². The average molecular weight is 221 g/mol. The topological polar surface area (TPSA) is 64.1 Å². The highest BCUT2D eigenvalue weighted by molar-refractivity contribution is 5.62. The van der Waals surface area contributed by atoms with Crippen molar-refractivity contribution in [1.82, 2.24) is 9.78 Å². The van der Waals surface area contributed by atoms with Crippen molar-refractivity contribution in [2.24, 2.45) is 0 Å². The van der Waals surface area contributed by atoms with Crippen LogP contribution in [0, 0.1) is 5.82 Å². The zero-order chi connectivity index (χ0) is 11.5. The van der Waals surface area contributed by atoms with Crippen LogP contribution < -0.4 is 5.73 Å². The largest absolute Gasteiger partial charge is 0.394 e. The molecule has 0 saturated heterocycles. The Labute approximate surface area is 92.1 Å². The molecule has 3 N–H and O–H groups in total. The first kappa shape index (κ1) is 10.6. The maximum Gasteiger partial charge on any atom is 0.132 e. The zero-order valence-corrected chi connectivity index (χ0v) is 8.60. The fourth-order valence-electron chi connectivity index (χ4n) is 1.51. The highest BCUT2D eigenvalue weighted by atomic mass is 19.1. The lowest BCUT2D eigenvalue weighted by Crippen LogP contribution is -2.07. The van der Waals surface area contributed by atoms with E-state index in [1.165, 1.54) is 10.7 Å². The van der Waals surface area contributed by atoms with Crippen LogP contribution in [0.2, 0.25) is 0 Å². The molecule has 1 aromatic heterocycles. The number of hydrogen-bond acceptors (Lipinski definition) is 3. The molecule has 84 valence electrons. The van der Waals surface area contributed by atoms with Crippen LogP contribution in [-0.4, -0.2) is 21.5 Å². The normalized spacial score (nSPS) is 10.6. The van der Waals surface area contributed by atoms with E-state index in [0.29, 0.717) is 23.6 Å². The summed E-state index contributed by atoms with van der Waals surface area (Å²) in [6.07, 6.45) is 0. The average Bonchev–Trinajstić information content (AvgIpc) is 2.61. The van der Waals surface area contributed by atoms with Crippen molar-refractivity contribution in [1.29, 1.82) is 0 Å². The molecule has 0 aliphatic rings. The van der Waals surface area contributed by atoms with Crippen molar-refractivity contribution in [2.75, 3.05) is 12.3 Å². The molecule has 5 heteroatoms. The number of aromatic nitrogens is 2. The lowest BCUT2D eigenvalue weighted by Gasteiger charge is -1.99. The van der Waals surface area contributed by atoms with E-state index in [-0.39, 0.29) is 12.4 Å². The standard InChI is InChI=1S/C11H12FN3O/c12-9-4-2-1-3-8(9)10-7-11(13)15(14-10)5-6-16/h1-4,7,16H,5-6,13H2. The van der Waals surface area contributed by atoms with Crippen LogP contribution in [0.25, 0.3) is 11.3 Å². The van der Waals surface area contributed by atoms with Crippen molar-refractivity contribution in [3.05, 3.63) is 36.1 Å². The minimum atomic E-state index is -0.337. The molecular formula is C11H12FN3O. The maximum absolute atomic E-state index is 13.5. The summed E-state index contributed by atoms with van der Waals surface area (Å²) >= 11 is 0. The third-order valence-corrected chi connectivity index (χ3v) is 2.27. The van der Waals surface area contributed by atoms with Crippen LogP contribution in [0.3, 0.4) is 0 Å². The third-order valence-electron chi connectivity index (χ3n) is 2.27. The van der Waals surface area contributed by atoms with Gasteiger partial charge in [-0.05, 0) is 12.1 Å². The first-order chi connectivity index (χ1) is 7.72. The predicted octanol–water partition coefficient (Wildman–Crippen LogP) is 1.26. The Hall–Kier alpha value is -1.88. The number of nitrogens with two attached hydrogens (primary N) is 1. The molecule has 0 amide bonds. The number of rotatable bonds is 3. The summed E-state index contributed by atoms with van der Waals surface area (Å²) in [5.74, 6) is 0.0726. The van der Waals surface area contributed by atoms with Gasteiger partial charge in [0.25, 0.3) is 0 Å². The van der Waals surface area contributed by atoms with Gasteiger partial charge in [-0.25, -0.2) is 9.07 Å². The molecule has 0 spiro atoms. The number of hydrogen-bond donors (Lipinski definition) is 2. The van der Waals surface area contributed by atoms with E-state index in [1.807, 2.05) is 0 Å². The van der Waals surface area contributed by atoms with Crippen molar-refractivity contribution in [3.8, 4) is 11.3 Å². The molecule has 0 saturated carbocycles. The van der Waals surface area contributed by atoms with E-state index in [2.05, 4.69) is 5.10 Å². The van der Waals surface area contributed by atoms with Crippen LogP contribution in [0.4, 0.5) is 10.2 Å². The molecule has 0 bridgehead atoms. The minimum Gasteiger partial charge on any atom is -0.394 e. The second-order valence-corrected chi connectivity index (χ2v) is 3.38. The summed E-state index contributed by atoms with van der Waals surface area (Å²) in [7, 11) is 0. The predicted molar refractivity (Wildman–Crippen MR) is 59.1 cm³/mol. The van der Waals surface area contributed by atoms with Gasteiger partial charge in [0.2, 0.25) is 0 Å². The molecule has 2 aromatic rings. The molecule has 0 unspecified atom stereocenters. The number of halogens is 1. The molecule has 2 rings (SSSR count). The molecule has 1 aromatic carbocycles. The fourth-order valence-corrected chi connectivity index (χ4v) is 1.51. The van der Waals surface area contributed by atoms with Gasteiger partial charge in [-0.2, -0.15) is 5.10 Å². The molecular weight excluding hydrogens is 209 g/mol. The lowest BCUT2D eigenvalue weighted by molar-refractivity contribution is 0.270. The Bertz CT molecular complexity index is 496. The SMILES string of the molecule is Nc1cc(-c2ccccc2F)nn1CCO. The Balaban J connectivity index is 2.42. The van der Waals surface area contributed by atoms with Crippen molar-refractivity contribution < 1.29 is 9.50 Å². The molecule has 0 radical (unpaired) electrons. The fraction of sp³-hybridized carbons (Fsp3) is 0.182. The highest BCUT2D eigenvalue weighted by Gasteiger charge is 2.10. The van der Waals surface area contributed by atoms with Gasteiger partial charge in [0.1, 0.15) is 11.6 Å². The first-order valence-corrected chi connectivity index (χ1v) is 4.91. The van der Waals surface area contributed by atoms with Gasteiger partial charge in [0, 0.05) is 11.6 Å². The summed E-state index contributed by atoms with van der Waals surface area (Å²) in [5.41, 5.74) is 6.57. The Morgan fingerprint density at radius 1 is 1.38 bits per heavy atom. The number of nitrogen functional groups attached to an aromatic ring is 1. The van der Waals surface area contributed by atoms with Crippen LogP contribution >= 0.6 is 0 Å². The highest BCUT2D eigenvalue weighted by Crippen LogP contribution is 2.22. The van der Waals surface area contributed by atoms with Crippen molar-refractivity contribution in [3.63, 3.8) is 0 Å². The van der Waals surface area contributed by atoms with Gasteiger partial charge < -0.3 is 10.8 Å². The van der Waals surface area contributed by atoms with Crippen LogP contribution in [0.1, 0.15) is 0 Å². The molecule has 16 heavy (non-hydrogen) atoms. The zero-order valence-electron chi connectivity index (χ0n) is 8.60. The van der Waals surface area contributed by atoms with E-state index < -0.39 is 0 Å². The van der Waals surface area contributed by atoms with Gasteiger partial charge in [-0.3, -0.25) is 0 Å². The summed E-state index contributed by atoms with van der Waals surface area (Å²) < 4.78 is 14.9. The number of aliphatic hydroxyl groups is 1. The summed E-state index contributed by atoms with van der Waals surface area (Å²) in [6, 6.07) is 7.96. The lowest BCUT2D eigenvalue weighted by atomic mass is 10.1. The molecule has 0 aliphatic carbocycles. The second kappa shape index (κ2) is 4.32. The van der Waals surface area contributed by atoms with Crippen LogP contribution in [0.5, 0.6) is 0 Å². The quantitative estimate of drug-likeness (QED) is 0.820. The molecule has 4 nitrogen and oxygen atoms in total. The van der Waals surface area contributed by atoms with Gasteiger partial charge in [-0.1, -0.05) is 12.1 Å². The van der Waals surface area contributed by atoms with Gasteiger partial charge >= 0.3 is 0 Å². The summed E-state index contributed by atoms with van der Waals surface area (Å²) in [6.45, 7) is 0.253. The number of aliphatic hydroxyl groups excluding tert-OH is 1. The van der Waals surface area contributed by atoms with Crippen LogP contribution in [0.15, 0.2) is 30.3 Å². The summed E-state index contributed by atoms with van der Waals surface area (Å²) in [5, 5.41) is 12.9. The van der Waals surface area contributed by atoms with Gasteiger partial charge in [0.05, 0.1) is 18.8 Å². The molecule has 0 fully saturated rings. The molecule has 0 aliphatic heterocycles. The van der Waals surface area contributed by atoms with Gasteiger partial charge in [-0.15, -0.1) is 0 Å². The van der Waals surface area contributed by atoms with Crippen molar-refractivity contribution in [2.45, 2.75) is 6.54 Å². The Morgan fingerprint density at radius 3 is 2.81 bits per heavy atom. The molecule has 1 heterocycles. The van der Waals surface area contributed by atoms with Gasteiger partial charge in [0.15, 0.2) is 0 Å². The minimum absolute atomic E-state index is 0.0530. The second-order valence-electron chi connectivity index (χ2n) is 3.38. The first-order valence-electron chi connectivity index (χ1n) is 4.91. The Morgan fingerprint density at radius 2 is 2.12 bits per heavy atom.